The molecule has 0 aromatic heterocycles. The third-order valence-electron chi connectivity index (χ3n) is 1.33. The first-order chi connectivity index (χ1) is 3.72. The van der Waals surface area contributed by atoms with Crippen LogP contribution >= 0.6 is 0 Å². The largest absolute Gasteiger partial charge is 0.315 e. The van der Waals surface area contributed by atoms with Crippen molar-refractivity contribution < 1.29 is 0 Å². The molecule has 0 amide bonds. The number of rotatable bonds is 3. The first-order valence-electron chi connectivity index (χ1n) is 2.82. The molecule has 0 aromatic rings. The summed E-state index contributed by atoms with van der Waals surface area (Å²) < 4.78 is 0. The van der Waals surface area contributed by atoms with Crippen LogP contribution in [0, 0.1) is 0 Å². The van der Waals surface area contributed by atoms with Gasteiger partial charge >= 0.3 is 0 Å². The van der Waals surface area contributed by atoms with Crippen molar-refractivity contribution in [1.82, 2.24) is 10.6 Å². The van der Waals surface area contributed by atoms with Gasteiger partial charge < -0.3 is 16.4 Å². The lowest BCUT2D eigenvalue weighted by Crippen LogP contribution is -2.49. The minimum atomic E-state index is 0.0556. The topological polar surface area (TPSA) is 50.1 Å². The van der Waals surface area contributed by atoms with Gasteiger partial charge in [0, 0.05) is 6.04 Å². The predicted molar refractivity (Wildman–Crippen MR) is 35.6 cm³/mol. The van der Waals surface area contributed by atoms with E-state index in [1.807, 2.05) is 21.0 Å². The highest BCUT2D eigenvalue weighted by atomic mass is 15.1. The highest BCUT2D eigenvalue weighted by Crippen LogP contribution is 1.79. The molecule has 0 spiro atoms. The Labute approximate surface area is 50.6 Å². The standard InChI is InChI=1S/C5H15N3/c1-4(7-2)5(6)8-3/h4-5,7-8H,6H2,1-3H3. The Hall–Kier alpha value is -0.120. The van der Waals surface area contributed by atoms with E-state index < -0.39 is 0 Å². The van der Waals surface area contributed by atoms with Crippen molar-refractivity contribution in [2.75, 3.05) is 14.1 Å². The molecule has 2 unspecified atom stereocenters. The van der Waals surface area contributed by atoms with Crippen LogP contribution in [0.5, 0.6) is 0 Å². The van der Waals surface area contributed by atoms with Crippen LogP contribution in [-0.2, 0) is 0 Å². The zero-order valence-electron chi connectivity index (χ0n) is 5.73. The number of hydrogen-bond donors (Lipinski definition) is 3. The van der Waals surface area contributed by atoms with Crippen molar-refractivity contribution in [2.45, 2.75) is 19.1 Å². The fourth-order valence-electron chi connectivity index (χ4n) is 0.430. The Bertz CT molecular complexity index is 47.6. The summed E-state index contributed by atoms with van der Waals surface area (Å²) in [7, 11) is 3.74. The fraction of sp³-hybridized carbons (Fsp3) is 1.00. The monoisotopic (exact) mass is 117 g/mol. The summed E-state index contributed by atoms with van der Waals surface area (Å²) in [6.45, 7) is 2.03. The van der Waals surface area contributed by atoms with E-state index in [0.717, 1.165) is 0 Å². The molecule has 4 N–H and O–H groups in total. The van der Waals surface area contributed by atoms with Crippen molar-refractivity contribution in [3.8, 4) is 0 Å². The van der Waals surface area contributed by atoms with Gasteiger partial charge in [0.2, 0.25) is 0 Å². The average Bonchev–Trinajstić information content (AvgIpc) is 1.84. The Balaban J connectivity index is 3.29. The van der Waals surface area contributed by atoms with Crippen LogP contribution in [0.3, 0.4) is 0 Å². The maximum absolute atomic E-state index is 5.55. The van der Waals surface area contributed by atoms with Gasteiger partial charge in [-0.3, -0.25) is 0 Å². The van der Waals surface area contributed by atoms with Gasteiger partial charge in [-0.2, -0.15) is 0 Å². The van der Waals surface area contributed by atoms with Gasteiger partial charge in [0.05, 0.1) is 6.17 Å². The second-order valence-electron chi connectivity index (χ2n) is 1.89. The van der Waals surface area contributed by atoms with Gasteiger partial charge in [0.1, 0.15) is 0 Å². The van der Waals surface area contributed by atoms with Crippen molar-refractivity contribution >= 4 is 0 Å². The SMILES string of the molecule is CNC(C)C(N)NC. The molecule has 0 radical (unpaired) electrons. The van der Waals surface area contributed by atoms with Crippen LogP contribution in [-0.4, -0.2) is 26.3 Å². The predicted octanol–water partition coefficient (Wildman–Crippen LogP) is -0.901. The summed E-state index contributed by atoms with van der Waals surface area (Å²) >= 11 is 0. The molecule has 0 fully saturated rings. The summed E-state index contributed by atoms with van der Waals surface area (Å²) in [4.78, 5) is 0. The van der Waals surface area contributed by atoms with E-state index in [0.29, 0.717) is 6.04 Å². The van der Waals surface area contributed by atoms with Crippen molar-refractivity contribution in [3.05, 3.63) is 0 Å². The minimum absolute atomic E-state index is 0.0556. The first kappa shape index (κ1) is 7.88. The quantitative estimate of drug-likeness (QED) is 0.420. The van der Waals surface area contributed by atoms with E-state index in [9.17, 15) is 0 Å². The number of nitrogens with one attached hydrogen (secondary N) is 2. The molecule has 0 aliphatic rings. The third kappa shape index (κ3) is 2.26. The van der Waals surface area contributed by atoms with E-state index in [1.165, 1.54) is 0 Å². The van der Waals surface area contributed by atoms with Gasteiger partial charge in [-0.25, -0.2) is 0 Å². The smallest absolute Gasteiger partial charge is 0.0699 e. The third-order valence-corrected chi connectivity index (χ3v) is 1.33. The summed E-state index contributed by atoms with van der Waals surface area (Å²) in [6.07, 6.45) is 0.0556. The molecule has 0 rings (SSSR count). The Kier molecular flexibility index (Phi) is 3.77. The number of nitrogens with two attached hydrogens (primary N) is 1. The zero-order valence-corrected chi connectivity index (χ0v) is 5.73. The summed E-state index contributed by atoms with van der Waals surface area (Å²) in [5.74, 6) is 0. The van der Waals surface area contributed by atoms with Crippen LogP contribution in [0.15, 0.2) is 0 Å². The van der Waals surface area contributed by atoms with Gasteiger partial charge in [0.15, 0.2) is 0 Å². The lowest BCUT2D eigenvalue weighted by atomic mass is 10.3. The van der Waals surface area contributed by atoms with Crippen LogP contribution in [0.2, 0.25) is 0 Å². The van der Waals surface area contributed by atoms with Gasteiger partial charge in [-0.05, 0) is 21.0 Å². The zero-order chi connectivity index (χ0) is 6.57. The number of likely N-dealkylation sites (N-methyl/N-ethyl adjacent to an activating group) is 2. The molecule has 0 saturated heterocycles. The lowest BCUT2D eigenvalue weighted by Gasteiger charge is -2.17. The molecule has 3 heteroatoms. The maximum Gasteiger partial charge on any atom is 0.0699 e. The highest BCUT2D eigenvalue weighted by Gasteiger charge is 2.04. The molecule has 2 atom stereocenters. The molecule has 0 heterocycles. The maximum atomic E-state index is 5.55. The molecule has 0 saturated carbocycles. The Morgan fingerprint density at radius 3 is 1.88 bits per heavy atom. The van der Waals surface area contributed by atoms with E-state index in [-0.39, 0.29) is 6.17 Å². The Morgan fingerprint density at radius 1 is 1.25 bits per heavy atom. The second kappa shape index (κ2) is 3.83. The summed E-state index contributed by atoms with van der Waals surface area (Å²) in [6, 6.07) is 0.333. The van der Waals surface area contributed by atoms with E-state index in [4.69, 9.17) is 5.73 Å². The minimum Gasteiger partial charge on any atom is -0.315 e. The van der Waals surface area contributed by atoms with Crippen molar-refractivity contribution in [3.63, 3.8) is 0 Å². The fourth-order valence-corrected chi connectivity index (χ4v) is 0.430. The first-order valence-corrected chi connectivity index (χ1v) is 2.82. The normalized spacial score (nSPS) is 18.0. The van der Waals surface area contributed by atoms with Crippen LogP contribution in [0.1, 0.15) is 6.92 Å². The molecule has 0 aromatic carbocycles. The van der Waals surface area contributed by atoms with Crippen molar-refractivity contribution in [2.24, 2.45) is 5.73 Å². The number of hydrogen-bond acceptors (Lipinski definition) is 3. The average molecular weight is 117 g/mol. The molecule has 3 nitrogen and oxygen atoms in total. The Morgan fingerprint density at radius 2 is 1.75 bits per heavy atom. The van der Waals surface area contributed by atoms with Gasteiger partial charge in [-0.1, -0.05) is 0 Å². The summed E-state index contributed by atoms with van der Waals surface area (Å²) in [5, 5.41) is 5.96. The lowest BCUT2D eigenvalue weighted by molar-refractivity contribution is 0.444. The second-order valence-corrected chi connectivity index (χ2v) is 1.89. The molecule has 0 bridgehead atoms. The van der Waals surface area contributed by atoms with Crippen LogP contribution in [0.4, 0.5) is 0 Å². The van der Waals surface area contributed by atoms with E-state index >= 15 is 0 Å². The molecular formula is C5H15N3. The van der Waals surface area contributed by atoms with Crippen LogP contribution in [0.25, 0.3) is 0 Å². The van der Waals surface area contributed by atoms with E-state index in [1.54, 1.807) is 0 Å². The highest BCUT2D eigenvalue weighted by molar-refractivity contribution is 4.68. The van der Waals surface area contributed by atoms with Gasteiger partial charge in [-0.15, -0.1) is 0 Å². The van der Waals surface area contributed by atoms with Crippen LogP contribution < -0.4 is 16.4 Å². The molecule has 0 aliphatic heterocycles. The van der Waals surface area contributed by atoms with Gasteiger partial charge in [0.25, 0.3) is 0 Å². The van der Waals surface area contributed by atoms with E-state index in [2.05, 4.69) is 10.6 Å². The summed E-state index contributed by atoms with van der Waals surface area (Å²) in [5.41, 5.74) is 5.55. The molecule has 0 aliphatic carbocycles. The molecule has 50 valence electrons. The van der Waals surface area contributed by atoms with Crippen molar-refractivity contribution in [1.29, 1.82) is 0 Å². The molecule has 8 heavy (non-hydrogen) atoms. The molecular weight excluding hydrogens is 102 g/mol.